The summed E-state index contributed by atoms with van der Waals surface area (Å²) in [5, 5.41) is 0.757. The Morgan fingerprint density at radius 1 is 1.21 bits per heavy atom. The van der Waals surface area contributed by atoms with Crippen LogP contribution in [0, 0.1) is 12.7 Å². The van der Waals surface area contributed by atoms with Crippen LogP contribution in [0.25, 0.3) is 10.1 Å². The zero-order valence-electron chi connectivity index (χ0n) is 13.6. The number of aryl methyl sites for hydroxylation is 1. The zero-order valence-corrected chi connectivity index (χ0v) is 14.4. The summed E-state index contributed by atoms with van der Waals surface area (Å²) in [5.74, 6) is 0.458. The number of ether oxygens (including phenoxy) is 1. The molecule has 3 rings (SSSR count). The first-order valence-corrected chi connectivity index (χ1v) is 8.49. The molecule has 0 saturated carbocycles. The number of hydrogen-bond donors (Lipinski definition) is 0. The summed E-state index contributed by atoms with van der Waals surface area (Å²) in [4.78, 5) is 14.7. The Morgan fingerprint density at radius 2 is 2.00 bits per heavy atom. The van der Waals surface area contributed by atoms with Crippen molar-refractivity contribution in [2.75, 3.05) is 20.2 Å². The van der Waals surface area contributed by atoms with E-state index in [4.69, 9.17) is 4.74 Å². The smallest absolute Gasteiger partial charge is 0.263 e. The summed E-state index contributed by atoms with van der Waals surface area (Å²) in [6, 6.07) is 14.1. The Labute approximate surface area is 144 Å². The second-order valence-corrected chi connectivity index (χ2v) is 6.72. The van der Waals surface area contributed by atoms with E-state index in [1.54, 1.807) is 24.1 Å². The second kappa shape index (κ2) is 7.01. The number of likely N-dealkylation sites (N-methyl/N-ethyl adjacent to an activating group) is 1. The third kappa shape index (κ3) is 3.57. The summed E-state index contributed by atoms with van der Waals surface area (Å²) >= 11 is 1.38. The average molecular weight is 343 g/mol. The maximum absolute atomic E-state index is 13.3. The van der Waals surface area contributed by atoms with E-state index < -0.39 is 0 Å². The second-order valence-electron chi connectivity index (χ2n) is 5.63. The van der Waals surface area contributed by atoms with Crippen molar-refractivity contribution in [3.63, 3.8) is 0 Å². The standard InChI is InChI=1S/C19H18FNO2S/c1-13-5-3-4-6-16(13)23-10-9-21(2)19(22)18-12-14-11-15(20)7-8-17(14)24-18/h3-8,11-12H,9-10H2,1-2H3. The zero-order chi connectivity index (χ0) is 17.1. The molecule has 0 spiro atoms. The Bertz CT molecular complexity index is 875. The van der Waals surface area contributed by atoms with E-state index >= 15 is 0 Å². The molecule has 0 N–H and O–H groups in total. The number of benzene rings is 2. The van der Waals surface area contributed by atoms with Crippen molar-refractivity contribution < 1.29 is 13.9 Å². The van der Waals surface area contributed by atoms with E-state index in [2.05, 4.69) is 0 Å². The molecule has 1 aromatic heterocycles. The van der Waals surface area contributed by atoms with Crippen molar-refractivity contribution in [1.29, 1.82) is 0 Å². The molecule has 0 atom stereocenters. The number of carbonyl (C=O) groups excluding carboxylic acids is 1. The highest BCUT2D eigenvalue weighted by Crippen LogP contribution is 2.27. The SMILES string of the molecule is Cc1ccccc1OCCN(C)C(=O)c1cc2cc(F)ccc2s1. The summed E-state index contributed by atoms with van der Waals surface area (Å²) in [6.07, 6.45) is 0. The van der Waals surface area contributed by atoms with Crippen LogP contribution in [0.3, 0.4) is 0 Å². The number of nitrogens with zero attached hydrogens (tertiary/aromatic N) is 1. The van der Waals surface area contributed by atoms with Gasteiger partial charge >= 0.3 is 0 Å². The van der Waals surface area contributed by atoms with Gasteiger partial charge in [-0.2, -0.15) is 0 Å². The Morgan fingerprint density at radius 3 is 2.79 bits per heavy atom. The van der Waals surface area contributed by atoms with Crippen LogP contribution >= 0.6 is 11.3 Å². The van der Waals surface area contributed by atoms with Gasteiger partial charge in [0, 0.05) is 11.7 Å². The van der Waals surface area contributed by atoms with E-state index in [9.17, 15) is 9.18 Å². The quantitative estimate of drug-likeness (QED) is 0.683. The fourth-order valence-electron chi connectivity index (χ4n) is 2.42. The van der Waals surface area contributed by atoms with E-state index in [0.717, 1.165) is 21.4 Å². The van der Waals surface area contributed by atoms with Gasteiger partial charge in [0.05, 0.1) is 11.4 Å². The highest BCUT2D eigenvalue weighted by atomic mass is 32.1. The van der Waals surface area contributed by atoms with Gasteiger partial charge in [0.2, 0.25) is 0 Å². The molecular formula is C19H18FNO2S. The van der Waals surface area contributed by atoms with Gasteiger partial charge < -0.3 is 9.64 Å². The normalized spacial score (nSPS) is 10.8. The van der Waals surface area contributed by atoms with Crippen molar-refractivity contribution in [2.45, 2.75) is 6.92 Å². The maximum Gasteiger partial charge on any atom is 0.263 e. The molecule has 5 heteroatoms. The van der Waals surface area contributed by atoms with E-state index in [1.807, 2.05) is 31.2 Å². The van der Waals surface area contributed by atoms with Crippen molar-refractivity contribution >= 4 is 27.3 Å². The van der Waals surface area contributed by atoms with Gasteiger partial charge in [-0.15, -0.1) is 11.3 Å². The molecule has 3 nitrogen and oxygen atoms in total. The number of carbonyl (C=O) groups is 1. The van der Waals surface area contributed by atoms with E-state index in [0.29, 0.717) is 18.0 Å². The lowest BCUT2D eigenvalue weighted by molar-refractivity contribution is 0.0778. The fraction of sp³-hybridized carbons (Fsp3) is 0.211. The molecule has 0 bridgehead atoms. The molecule has 1 heterocycles. The first-order chi connectivity index (χ1) is 11.5. The molecule has 0 aliphatic rings. The summed E-state index contributed by atoms with van der Waals surface area (Å²) in [7, 11) is 1.74. The topological polar surface area (TPSA) is 29.5 Å². The number of hydrogen-bond acceptors (Lipinski definition) is 3. The molecule has 0 saturated heterocycles. The number of amides is 1. The first-order valence-electron chi connectivity index (χ1n) is 7.67. The largest absolute Gasteiger partial charge is 0.491 e. The molecule has 0 aliphatic carbocycles. The molecular weight excluding hydrogens is 325 g/mol. The molecule has 2 aromatic carbocycles. The van der Waals surface area contributed by atoms with Crippen LogP contribution in [0.1, 0.15) is 15.2 Å². The van der Waals surface area contributed by atoms with E-state index in [-0.39, 0.29) is 11.7 Å². The van der Waals surface area contributed by atoms with Crippen LogP contribution in [0.2, 0.25) is 0 Å². The van der Waals surface area contributed by atoms with Crippen LogP contribution in [-0.2, 0) is 0 Å². The summed E-state index contributed by atoms with van der Waals surface area (Å²) in [5.41, 5.74) is 1.07. The molecule has 0 unspecified atom stereocenters. The lowest BCUT2D eigenvalue weighted by Gasteiger charge is -2.17. The van der Waals surface area contributed by atoms with Crippen LogP contribution in [-0.4, -0.2) is 31.0 Å². The maximum atomic E-state index is 13.3. The third-order valence-electron chi connectivity index (χ3n) is 3.81. The minimum atomic E-state index is -0.292. The van der Waals surface area contributed by atoms with E-state index in [1.165, 1.54) is 23.5 Å². The van der Waals surface area contributed by atoms with Gasteiger partial charge in [0.1, 0.15) is 18.2 Å². The number of fused-ring (bicyclic) bond motifs is 1. The van der Waals surface area contributed by atoms with Crippen molar-refractivity contribution in [3.8, 4) is 5.75 Å². The van der Waals surface area contributed by atoms with Crippen LogP contribution in [0.4, 0.5) is 4.39 Å². The predicted octanol–water partition coefficient (Wildman–Crippen LogP) is 4.50. The molecule has 0 aliphatic heterocycles. The predicted molar refractivity (Wildman–Crippen MR) is 95.4 cm³/mol. The lowest BCUT2D eigenvalue weighted by atomic mass is 10.2. The van der Waals surface area contributed by atoms with Crippen LogP contribution < -0.4 is 4.74 Å². The number of halogens is 1. The average Bonchev–Trinajstić information content (AvgIpc) is 2.98. The first kappa shape index (κ1) is 16.5. The highest BCUT2D eigenvalue weighted by Gasteiger charge is 2.15. The monoisotopic (exact) mass is 343 g/mol. The number of rotatable bonds is 5. The summed E-state index contributed by atoms with van der Waals surface area (Å²) in [6.45, 7) is 2.89. The van der Waals surface area contributed by atoms with Gasteiger partial charge in [-0.25, -0.2) is 4.39 Å². The lowest BCUT2D eigenvalue weighted by Crippen LogP contribution is -2.30. The molecule has 1 amide bonds. The minimum Gasteiger partial charge on any atom is -0.491 e. The molecule has 0 radical (unpaired) electrons. The van der Waals surface area contributed by atoms with Gasteiger partial charge in [0.25, 0.3) is 5.91 Å². The van der Waals surface area contributed by atoms with Gasteiger partial charge in [0.15, 0.2) is 0 Å². The molecule has 124 valence electrons. The highest BCUT2D eigenvalue weighted by molar-refractivity contribution is 7.20. The Balaban J connectivity index is 1.62. The van der Waals surface area contributed by atoms with Crippen LogP contribution in [0.5, 0.6) is 5.75 Å². The molecule has 0 fully saturated rings. The van der Waals surface area contributed by atoms with Crippen molar-refractivity contribution in [3.05, 3.63) is 64.8 Å². The molecule has 24 heavy (non-hydrogen) atoms. The van der Waals surface area contributed by atoms with Crippen molar-refractivity contribution in [1.82, 2.24) is 4.90 Å². The number of thiophene rings is 1. The van der Waals surface area contributed by atoms with Gasteiger partial charge in [-0.05, 0) is 48.2 Å². The van der Waals surface area contributed by atoms with Gasteiger partial charge in [-0.1, -0.05) is 18.2 Å². The fourth-order valence-corrected chi connectivity index (χ4v) is 3.46. The Hall–Kier alpha value is -2.40. The Kier molecular flexibility index (Phi) is 4.81. The molecule has 3 aromatic rings. The third-order valence-corrected chi connectivity index (χ3v) is 4.92. The van der Waals surface area contributed by atoms with Gasteiger partial charge in [-0.3, -0.25) is 4.79 Å². The van der Waals surface area contributed by atoms with Crippen molar-refractivity contribution in [2.24, 2.45) is 0 Å². The summed E-state index contributed by atoms with van der Waals surface area (Å²) < 4.78 is 19.9. The number of para-hydroxylation sites is 1. The minimum absolute atomic E-state index is 0.0787. The van der Waals surface area contributed by atoms with Crippen LogP contribution in [0.15, 0.2) is 48.5 Å².